The van der Waals surface area contributed by atoms with Gasteiger partial charge in [0.2, 0.25) is 0 Å². The summed E-state index contributed by atoms with van der Waals surface area (Å²) in [5.41, 5.74) is 1.32. The van der Waals surface area contributed by atoms with Gasteiger partial charge in [-0.1, -0.05) is 34.2 Å². The highest BCUT2D eigenvalue weighted by molar-refractivity contribution is 9.10. The number of hydrogen-bond acceptors (Lipinski definition) is 4. The molecule has 0 aliphatic heterocycles. The van der Waals surface area contributed by atoms with Crippen LogP contribution in [0, 0.1) is 11.8 Å². The summed E-state index contributed by atoms with van der Waals surface area (Å²) in [6.45, 7) is 0. The number of aromatic nitrogens is 2. The van der Waals surface area contributed by atoms with Crippen molar-refractivity contribution in [1.29, 1.82) is 0 Å². The Bertz CT molecular complexity index is 1130. The van der Waals surface area contributed by atoms with Gasteiger partial charge in [-0.05, 0) is 36.8 Å². The van der Waals surface area contributed by atoms with Gasteiger partial charge in [-0.3, -0.25) is 14.2 Å². The van der Waals surface area contributed by atoms with Gasteiger partial charge in [0.25, 0.3) is 5.56 Å². The number of ketones is 1. The molecule has 6 nitrogen and oxygen atoms in total. The molecule has 0 saturated carbocycles. The predicted molar refractivity (Wildman–Crippen MR) is 111 cm³/mol. The van der Waals surface area contributed by atoms with Crippen LogP contribution in [0.4, 0.5) is 5.69 Å². The average Bonchev–Trinajstić information content (AvgIpc) is 2.87. The first kappa shape index (κ1) is 18.7. The molecule has 0 spiro atoms. The number of nitrogens with one attached hydrogen (secondary N) is 1. The Morgan fingerprint density at radius 2 is 1.75 bits per heavy atom. The number of benzene rings is 1. The summed E-state index contributed by atoms with van der Waals surface area (Å²) >= 11 is 3.43. The molecule has 0 unspecified atom stereocenters. The number of hydrogen-bond donors (Lipinski definition) is 1. The van der Waals surface area contributed by atoms with Crippen LogP contribution in [0.3, 0.4) is 0 Å². The molecule has 2 aliphatic carbocycles. The van der Waals surface area contributed by atoms with Gasteiger partial charge in [0.05, 0.1) is 11.6 Å². The number of anilines is 1. The van der Waals surface area contributed by atoms with Crippen molar-refractivity contribution in [2.24, 2.45) is 25.9 Å². The van der Waals surface area contributed by atoms with Gasteiger partial charge in [-0.2, -0.15) is 0 Å². The number of allylic oxidation sites excluding steroid dienone is 3. The minimum Gasteiger partial charge on any atom is -0.377 e. The standard InChI is InChI=1S/C21H20BrN3O3/c1-24-16-11-15-14(5-3-4-6-17(15)26)19(18(16)20(27)25(2)21(24)28)23-13-9-7-12(22)8-10-13/h3-10,14-15,19,23H,11H2,1-2H3/t14-,15-,19+/m1/s1. The molecular formula is C21H20BrN3O3. The molecule has 0 amide bonds. The Morgan fingerprint density at radius 3 is 2.46 bits per heavy atom. The van der Waals surface area contributed by atoms with Crippen LogP contribution in [0.25, 0.3) is 0 Å². The largest absolute Gasteiger partial charge is 0.377 e. The summed E-state index contributed by atoms with van der Waals surface area (Å²) in [5, 5.41) is 3.45. The Kier molecular flexibility index (Phi) is 4.71. The lowest BCUT2D eigenvalue weighted by atomic mass is 9.72. The zero-order valence-electron chi connectivity index (χ0n) is 15.6. The maximum absolute atomic E-state index is 13.1. The Balaban J connectivity index is 1.93. The van der Waals surface area contributed by atoms with Crippen LogP contribution in [-0.2, 0) is 25.3 Å². The monoisotopic (exact) mass is 441 g/mol. The topological polar surface area (TPSA) is 73.1 Å². The van der Waals surface area contributed by atoms with E-state index in [2.05, 4.69) is 21.2 Å². The fraction of sp³-hybridized carbons (Fsp3) is 0.286. The highest BCUT2D eigenvalue weighted by atomic mass is 79.9. The Hall–Kier alpha value is -2.67. The average molecular weight is 442 g/mol. The van der Waals surface area contributed by atoms with E-state index in [9.17, 15) is 14.4 Å². The van der Waals surface area contributed by atoms with E-state index in [1.165, 1.54) is 11.6 Å². The quantitative estimate of drug-likeness (QED) is 0.776. The zero-order chi connectivity index (χ0) is 20.0. The van der Waals surface area contributed by atoms with Gasteiger partial charge >= 0.3 is 5.69 Å². The van der Waals surface area contributed by atoms with E-state index in [4.69, 9.17) is 0 Å². The molecule has 2 aliphatic rings. The van der Waals surface area contributed by atoms with Crippen LogP contribution in [0.5, 0.6) is 0 Å². The van der Waals surface area contributed by atoms with Crippen molar-refractivity contribution in [2.75, 3.05) is 5.32 Å². The van der Waals surface area contributed by atoms with Crippen LogP contribution in [0.2, 0.25) is 0 Å². The van der Waals surface area contributed by atoms with E-state index in [0.29, 0.717) is 17.7 Å². The van der Waals surface area contributed by atoms with Crippen molar-refractivity contribution in [3.63, 3.8) is 0 Å². The number of fused-ring (bicyclic) bond motifs is 2. The molecule has 144 valence electrons. The van der Waals surface area contributed by atoms with E-state index in [1.54, 1.807) is 19.2 Å². The Morgan fingerprint density at radius 1 is 1.04 bits per heavy atom. The normalized spacial score (nSPS) is 23.1. The molecule has 28 heavy (non-hydrogen) atoms. The number of rotatable bonds is 2. The molecule has 3 atom stereocenters. The second kappa shape index (κ2) is 7.05. The number of carbonyl (C=O) groups is 1. The smallest absolute Gasteiger partial charge is 0.330 e. The van der Waals surface area contributed by atoms with E-state index in [1.807, 2.05) is 36.4 Å². The molecule has 1 heterocycles. The molecule has 0 saturated heterocycles. The number of halogens is 1. The Labute approximate surface area is 170 Å². The highest BCUT2D eigenvalue weighted by Gasteiger charge is 2.42. The molecule has 4 rings (SSSR count). The third-order valence-corrected chi connectivity index (χ3v) is 6.16. The first-order valence-electron chi connectivity index (χ1n) is 9.08. The van der Waals surface area contributed by atoms with E-state index in [0.717, 1.165) is 14.7 Å². The maximum atomic E-state index is 13.1. The van der Waals surface area contributed by atoms with Gasteiger partial charge < -0.3 is 9.88 Å². The number of carbonyl (C=O) groups excluding carboxylic acids is 1. The van der Waals surface area contributed by atoms with Crippen LogP contribution in [-0.4, -0.2) is 14.9 Å². The minimum absolute atomic E-state index is 0.0105. The number of nitrogens with zero attached hydrogens (tertiary/aromatic N) is 2. The molecule has 2 aromatic rings. The molecule has 7 heteroatoms. The molecule has 0 bridgehead atoms. The second-order valence-electron chi connectivity index (χ2n) is 7.23. The first-order valence-corrected chi connectivity index (χ1v) is 9.87. The molecular weight excluding hydrogens is 422 g/mol. The van der Waals surface area contributed by atoms with Crippen molar-refractivity contribution < 1.29 is 4.79 Å². The molecule has 1 N–H and O–H groups in total. The summed E-state index contributed by atoms with van der Waals surface area (Å²) in [6.07, 6.45) is 7.52. The zero-order valence-corrected chi connectivity index (χ0v) is 17.1. The van der Waals surface area contributed by atoms with Crippen LogP contribution in [0.15, 0.2) is 62.6 Å². The summed E-state index contributed by atoms with van der Waals surface area (Å²) in [7, 11) is 3.15. The molecule has 0 radical (unpaired) electrons. The van der Waals surface area contributed by atoms with Crippen molar-refractivity contribution in [1.82, 2.24) is 9.13 Å². The summed E-state index contributed by atoms with van der Waals surface area (Å²) in [5.74, 6) is -0.506. The van der Waals surface area contributed by atoms with Gasteiger partial charge in [0.1, 0.15) is 0 Å². The first-order chi connectivity index (χ1) is 13.4. The molecule has 1 aromatic heterocycles. The molecule has 0 fully saturated rings. The van der Waals surface area contributed by atoms with Crippen LogP contribution in [0.1, 0.15) is 17.3 Å². The van der Waals surface area contributed by atoms with E-state index >= 15 is 0 Å². The van der Waals surface area contributed by atoms with Crippen molar-refractivity contribution in [3.05, 3.63) is 85.1 Å². The fourth-order valence-electron chi connectivity index (χ4n) is 4.14. The third-order valence-electron chi connectivity index (χ3n) is 5.64. The van der Waals surface area contributed by atoms with Gasteiger partial charge in [0.15, 0.2) is 5.78 Å². The van der Waals surface area contributed by atoms with E-state index < -0.39 is 6.04 Å². The highest BCUT2D eigenvalue weighted by Crippen LogP contribution is 2.40. The lowest BCUT2D eigenvalue weighted by Crippen LogP contribution is -2.48. The SMILES string of the molecule is Cn1c2c(c(=O)n(C)c1=O)[C@@H](Nc1ccc(Br)cc1)[C@@H]1C=CC=CC(=O)[C@@H]1C2. The third kappa shape index (κ3) is 2.99. The van der Waals surface area contributed by atoms with E-state index in [-0.39, 0.29) is 28.9 Å². The van der Waals surface area contributed by atoms with Crippen LogP contribution < -0.4 is 16.6 Å². The minimum atomic E-state index is -0.416. The lowest BCUT2D eigenvalue weighted by molar-refractivity contribution is -0.119. The van der Waals surface area contributed by atoms with Crippen LogP contribution >= 0.6 is 15.9 Å². The summed E-state index contributed by atoms with van der Waals surface area (Å²) in [4.78, 5) is 38.2. The summed E-state index contributed by atoms with van der Waals surface area (Å²) < 4.78 is 3.58. The van der Waals surface area contributed by atoms with Crippen molar-refractivity contribution in [2.45, 2.75) is 12.5 Å². The predicted octanol–water partition coefficient (Wildman–Crippen LogP) is 2.48. The summed E-state index contributed by atoms with van der Waals surface area (Å²) in [6, 6.07) is 7.25. The van der Waals surface area contributed by atoms with Crippen molar-refractivity contribution in [3.8, 4) is 0 Å². The van der Waals surface area contributed by atoms with Crippen molar-refractivity contribution >= 4 is 27.4 Å². The maximum Gasteiger partial charge on any atom is 0.330 e. The second-order valence-corrected chi connectivity index (χ2v) is 8.15. The molecule has 1 aromatic carbocycles. The van der Waals surface area contributed by atoms with Gasteiger partial charge in [0, 0.05) is 41.8 Å². The van der Waals surface area contributed by atoms with Gasteiger partial charge in [-0.25, -0.2) is 4.79 Å². The van der Waals surface area contributed by atoms with Gasteiger partial charge in [-0.15, -0.1) is 0 Å². The lowest BCUT2D eigenvalue weighted by Gasteiger charge is -2.38. The fourth-order valence-corrected chi connectivity index (χ4v) is 4.40.